The molecule has 3 heterocycles. The summed E-state index contributed by atoms with van der Waals surface area (Å²) in [6.45, 7) is 3.02. The van der Waals surface area contributed by atoms with Gasteiger partial charge in [-0.2, -0.15) is 0 Å². The van der Waals surface area contributed by atoms with Crippen LogP contribution in [0.2, 0.25) is 0 Å². The molecule has 4 atom stereocenters. The SMILES string of the molecule is C#C[C@H](C)Oc1cnc2c(Nc3ccc(F)c([C@]4(C)N=C(N)S[C@@]5(CF)C[C@H]54)c3)nccc2n1. The van der Waals surface area contributed by atoms with Gasteiger partial charge in [-0.1, -0.05) is 17.7 Å². The summed E-state index contributed by atoms with van der Waals surface area (Å²) in [6, 6.07) is 6.34. The van der Waals surface area contributed by atoms with Gasteiger partial charge in [0.1, 0.15) is 18.0 Å². The van der Waals surface area contributed by atoms with Gasteiger partial charge in [-0.3, -0.25) is 4.99 Å². The molecule has 1 saturated carbocycles. The van der Waals surface area contributed by atoms with Gasteiger partial charge in [-0.05, 0) is 44.5 Å². The first-order chi connectivity index (χ1) is 16.3. The van der Waals surface area contributed by atoms with Crippen molar-refractivity contribution < 1.29 is 13.5 Å². The summed E-state index contributed by atoms with van der Waals surface area (Å²) in [5.74, 6) is 2.65. The second kappa shape index (κ2) is 8.09. The maximum atomic E-state index is 15.0. The number of rotatable bonds is 6. The van der Waals surface area contributed by atoms with Crippen LogP contribution in [0, 0.1) is 24.1 Å². The molecule has 0 saturated heterocycles. The fourth-order valence-corrected chi connectivity index (χ4v) is 5.82. The third kappa shape index (κ3) is 3.70. The molecule has 0 amide bonds. The third-order valence-corrected chi connectivity index (χ3v) is 7.59. The number of ether oxygens (including phenoxy) is 1. The largest absolute Gasteiger partial charge is 0.460 e. The number of fused-ring (bicyclic) bond motifs is 2. The number of aromatic nitrogens is 3. The highest BCUT2D eigenvalue weighted by molar-refractivity contribution is 8.15. The Morgan fingerprint density at radius 1 is 1.38 bits per heavy atom. The highest BCUT2D eigenvalue weighted by atomic mass is 32.2. The number of hydrogen-bond donors (Lipinski definition) is 2. The highest BCUT2D eigenvalue weighted by Crippen LogP contribution is 2.66. The predicted molar refractivity (Wildman–Crippen MR) is 129 cm³/mol. The maximum Gasteiger partial charge on any atom is 0.234 e. The highest BCUT2D eigenvalue weighted by Gasteiger charge is 2.66. The van der Waals surface area contributed by atoms with E-state index in [-0.39, 0.29) is 11.1 Å². The molecule has 2 aromatic heterocycles. The van der Waals surface area contributed by atoms with E-state index in [0.29, 0.717) is 40.4 Å². The van der Waals surface area contributed by atoms with Crippen LogP contribution in [0.3, 0.4) is 0 Å². The Labute approximate surface area is 199 Å². The lowest BCUT2D eigenvalue weighted by Crippen LogP contribution is -2.36. The minimum atomic E-state index is -0.963. The molecule has 2 aliphatic rings. The normalized spacial score (nSPS) is 26.2. The van der Waals surface area contributed by atoms with E-state index in [1.165, 1.54) is 24.0 Å². The van der Waals surface area contributed by atoms with Crippen LogP contribution >= 0.6 is 11.8 Å². The zero-order chi connectivity index (χ0) is 24.1. The number of thioether (sulfide) groups is 1. The lowest BCUT2D eigenvalue weighted by atomic mass is 9.85. The van der Waals surface area contributed by atoms with Crippen molar-refractivity contribution >= 4 is 39.5 Å². The maximum absolute atomic E-state index is 15.0. The molecular weight excluding hydrogens is 458 g/mol. The third-order valence-electron chi connectivity index (χ3n) is 6.32. The predicted octanol–water partition coefficient (Wildman–Crippen LogP) is 4.31. The molecule has 0 bridgehead atoms. The lowest BCUT2D eigenvalue weighted by molar-refractivity contribution is 0.268. The molecule has 174 valence electrons. The summed E-state index contributed by atoms with van der Waals surface area (Å²) in [6.07, 6.45) is 8.57. The number of anilines is 2. The van der Waals surface area contributed by atoms with E-state index in [4.69, 9.17) is 16.9 Å². The summed E-state index contributed by atoms with van der Waals surface area (Å²) >= 11 is 1.25. The summed E-state index contributed by atoms with van der Waals surface area (Å²) in [5, 5.41) is 3.47. The Hall–Kier alpha value is -3.45. The van der Waals surface area contributed by atoms with Crippen molar-refractivity contribution in [2.24, 2.45) is 16.6 Å². The molecule has 3 N–H and O–H groups in total. The molecule has 0 spiro atoms. The van der Waals surface area contributed by atoms with Crippen LogP contribution in [0.5, 0.6) is 5.88 Å². The molecular formula is C24H22F2N6OS. The molecule has 1 aliphatic heterocycles. The van der Waals surface area contributed by atoms with Crippen LogP contribution in [0.4, 0.5) is 20.3 Å². The molecule has 1 aromatic carbocycles. The number of hydrogen-bond acceptors (Lipinski definition) is 8. The standard InChI is InChI=1S/C24H22F2N6OS/c1-4-13(2)33-19-11-29-20-17(31-19)7-8-28-21(20)30-14-5-6-16(26)15(9-14)23(3)18-10-24(18,12-25)34-22(27)32-23/h1,5-9,11,13,18H,10,12H2,2-3H3,(H2,27,32)(H,28,30)/t13-,18-,23-,24+/m0/s1. The van der Waals surface area contributed by atoms with E-state index in [2.05, 4.69) is 31.2 Å². The Kier molecular flexibility index (Phi) is 5.32. The lowest BCUT2D eigenvalue weighted by Gasteiger charge is -2.33. The summed E-state index contributed by atoms with van der Waals surface area (Å²) in [5.41, 5.74) is 7.05. The fraction of sp³-hybridized carbons (Fsp3) is 0.333. The molecule has 10 heteroatoms. The van der Waals surface area contributed by atoms with Crippen molar-refractivity contribution in [1.29, 1.82) is 0 Å². The number of amidine groups is 1. The zero-order valence-electron chi connectivity index (χ0n) is 18.5. The number of aliphatic imine (C=N–C) groups is 1. The zero-order valence-corrected chi connectivity index (χ0v) is 19.4. The summed E-state index contributed by atoms with van der Waals surface area (Å²) < 4.78 is 33.7. The van der Waals surface area contributed by atoms with Crippen LogP contribution in [0.25, 0.3) is 11.0 Å². The van der Waals surface area contributed by atoms with Gasteiger partial charge in [-0.25, -0.2) is 23.7 Å². The first-order valence-corrected chi connectivity index (χ1v) is 11.5. The molecule has 34 heavy (non-hydrogen) atoms. The van der Waals surface area contributed by atoms with Crippen molar-refractivity contribution in [2.45, 2.75) is 36.7 Å². The summed E-state index contributed by atoms with van der Waals surface area (Å²) in [4.78, 5) is 17.8. The number of nitrogens with zero attached hydrogens (tertiary/aromatic N) is 4. The Morgan fingerprint density at radius 3 is 2.97 bits per heavy atom. The number of pyridine rings is 1. The van der Waals surface area contributed by atoms with E-state index >= 15 is 4.39 Å². The molecule has 0 unspecified atom stereocenters. The molecule has 0 radical (unpaired) electrons. The Morgan fingerprint density at radius 2 is 2.21 bits per heavy atom. The van der Waals surface area contributed by atoms with Crippen LogP contribution in [0.1, 0.15) is 25.8 Å². The quantitative estimate of drug-likeness (QED) is 0.507. The summed E-state index contributed by atoms with van der Waals surface area (Å²) in [7, 11) is 0. The Bertz CT molecular complexity index is 1360. The number of benzene rings is 1. The monoisotopic (exact) mass is 480 g/mol. The number of halogens is 2. The van der Waals surface area contributed by atoms with Crippen molar-refractivity contribution in [3.05, 3.63) is 48.0 Å². The van der Waals surface area contributed by atoms with Crippen molar-refractivity contribution in [3.8, 4) is 18.2 Å². The molecule has 1 fully saturated rings. The molecule has 7 nitrogen and oxygen atoms in total. The van der Waals surface area contributed by atoms with E-state index in [9.17, 15) is 4.39 Å². The van der Waals surface area contributed by atoms with Crippen LogP contribution in [-0.4, -0.2) is 37.6 Å². The van der Waals surface area contributed by atoms with E-state index in [1.807, 2.05) is 6.92 Å². The van der Waals surface area contributed by atoms with Gasteiger partial charge in [-0.15, -0.1) is 6.42 Å². The number of nitrogens with two attached hydrogens (primary N) is 1. The van der Waals surface area contributed by atoms with Gasteiger partial charge in [0, 0.05) is 23.4 Å². The minimum Gasteiger partial charge on any atom is -0.460 e. The Balaban J connectivity index is 1.48. The fourth-order valence-electron chi connectivity index (χ4n) is 4.49. The van der Waals surface area contributed by atoms with Crippen molar-refractivity contribution in [2.75, 3.05) is 12.0 Å². The minimum absolute atomic E-state index is 0.141. The first kappa shape index (κ1) is 22.3. The van der Waals surface area contributed by atoms with Crippen LogP contribution in [-0.2, 0) is 5.54 Å². The van der Waals surface area contributed by atoms with E-state index < -0.39 is 28.9 Å². The smallest absolute Gasteiger partial charge is 0.234 e. The van der Waals surface area contributed by atoms with Gasteiger partial charge in [0.25, 0.3) is 0 Å². The van der Waals surface area contributed by atoms with E-state index in [0.717, 1.165) is 0 Å². The van der Waals surface area contributed by atoms with Crippen LogP contribution in [0.15, 0.2) is 41.7 Å². The average molecular weight is 481 g/mol. The number of alkyl halides is 1. The van der Waals surface area contributed by atoms with Gasteiger partial charge >= 0.3 is 0 Å². The van der Waals surface area contributed by atoms with E-state index in [1.54, 1.807) is 31.3 Å². The van der Waals surface area contributed by atoms with Gasteiger partial charge < -0.3 is 15.8 Å². The molecule has 5 rings (SSSR count). The average Bonchev–Trinajstić information content (AvgIpc) is 3.56. The molecule has 3 aromatic rings. The van der Waals surface area contributed by atoms with Crippen LogP contribution < -0.4 is 15.8 Å². The van der Waals surface area contributed by atoms with Crippen molar-refractivity contribution in [3.63, 3.8) is 0 Å². The second-order valence-electron chi connectivity index (χ2n) is 8.64. The molecule has 1 aliphatic carbocycles. The topological polar surface area (TPSA) is 98.3 Å². The second-order valence-corrected chi connectivity index (χ2v) is 10.1. The number of nitrogens with one attached hydrogen (secondary N) is 1. The van der Waals surface area contributed by atoms with Crippen molar-refractivity contribution in [1.82, 2.24) is 15.0 Å². The number of terminal acetylenes is 1. The van der Waals surface area contributed by atoms with Gasteiger partial charge in [0.15, 0.2) is 17.1 Å². The first-order valence-electron chi connectivity index (χ1n) is 10.7. The van der Waals surface area contributed by atoms with Gasteiger partial charge in [0.05, 0.1) is 22.0 Å². The van der Waals surface area contributed by atoms with Gasteiger partial charge in [0.2, 0.25) is 5.88 Å².